The second kappa shape index (κ2) is 5.40. The lowest BCUT2D eigenvalue weighted by molar-refractivity contribution is 0.353. The fraction of sp³-hybridized carbons (Fsp3) is 0.273. The zero-order chi connectivity index (χ0) is 11.4. The highest BCUT2D eigenvalue weighted by atomic mass is 35.5. The highest BCUT2D eigenvalue weighted by Gasteiger charge is 2.08. The van der Waals surface area contributed by atoms with Crippen LogP contribution in [0.2, 0.25) is 5.02 Å². The lowest BCUT2D eigenvalue weighted by Gasteiger charge is -2.13. The molecule has 0 amide bonds. The minimum absolute atomic E-state index is 0.137. The Morgan fingerprint density at radius 3 is 2.80 bits per heavy atom. The predicted molar refractivity (Wildman–Crippen MR) is 64.5 cm³/mol. The van der Waals surface area contributed by atoms with Crippen molar-refractivity contribution in [3.8, 4) is 5.75 Å². The smallest absolute Gasteiger partial charge is 0.124 e. The molecule has 0 bridgehead atoms. The van der Waals surface area contributed by atoms with E-state index >= 15 is 0 Å². The first kappa shape index (κ1) is 12.4. The van der Waals surface area contributed by atoms with E-state index in [1.54, 1.807) is 18.2 Å². The number of halogens is 2. The molecule has 0 aromatic heterocycles. The van der Waals surface area contributed by atoms with Crippen LogP contribution in [0, 0.1) is 0 Å². The molecule has 0 spiro atoms. The maximum absolute atomic E-state index is 5.87. The molecule has 0 aliphatic rings. The van der Waals surface area contributed by atoms with E-state index in [1.807, 2.05) is 6.92 Å². The van der Waals surface area contributed by atoms with E-state index in [4.69, 9.17) is 33.7 Å². The summed E-state index contributed by atoms with van der Waals surface area (Å²) in [5.41, 5.74) is 6.66. The number of hydrogen-bond donors (Lipinski definition) is 1. The quantitative estimate of drug-likeness (QED) is 0.882. The van der Waals surface area contributed by atoms with E-state index < -0.39 is 0 Å². The molecule has 0 radical (unpaired) electrons. The molecule has 2 N–H and O–H groups in total. The Morgan fingerprint density at radius 1 is 1.60 bits per heavy atom. The Morgan fingerprint density at radius 2 is 2.27 bits per heavy atom. The van der Waals surface area contributed by atoms with Crippen molar-refractivity contribution in [1.82, 2.24) is 0 Å². The topological polar surface area (TPSA) is 35.2 Å². The summed E-state index contributed by atoms with van der Waals surface area (Å²) >= 11 is 11.5. The van der Waals surface area contributed by atoms with Crippen LogP contribution < -0.4 is 10.5 Å². The highest BCUT2D eigenvalue weighted by Crippen LogP contribution is 2.27. The molecule has 1 rings (SSSR count). The van der Waals surface area contributed by atoms with Gasteiger partial charge in [0.15, 0.2) is 0 Å². The van der Waals surface area contributed by atoms with Crippen molar-refractivity contribution in [3.63, 3.8) is 0 Å². The molecular weight excluding hydrogens is 233 g/mol. The van der Waals surface area contributed by atoms with Gasteiger partial charge in [-0.25, -0.2) is 0 Å². The van der Waals surface area contributed by atoms with E-state index in [0.29, 0.717) is 15.8 Å². The largest absolute Gasteiger partial charge is 0.488 e. The van der Waals surface area contributed by atoms with Gasteiger partial charge in [0.25, 0.3) is 0 Å². The van der Waals surface area contributed by atoms with Gasteiger partial charge in [-0.15, -0.1) is 0 Å². The van der Waals surface area contributed by atoms with Crippen LogP contribution in [0.25, 0.3) is 0 Å². The van der Waals surface area contributed by atoms with Gasteiger partial charge in [0.05, 0.1) is 0 Å². The minimum Gasteiger partial charge on any atom is -0.488 e. The molecule has 82 valence electrons. The monoisotopic (exact) mass is 245 g/mol. The molecule has 1 aromatic rings. The van der Waals surface area contributed by atoms with Gasteiger partial charge in [-0.05, 0) is 25.1 Å². The Labute approximate surface area is 99.6 Å². The van der Waals surface area contributed by atoms with Crippen LogP contribution in [0.4, 0.5) is 0 Å². The average molecular weight is 246 g/mol. The Bertz CT molecular complexity index is 364. The molecule has 1 atom stereocenters. The molecule has 1 unspecified atom stereocenters. The molecule has 1 aromatic carbocycles. The summed E-state index contributed by atoms with van der Waals surface area (Å²) in [6.45, 7) is 5.68. The van der Waals surface area contributed by atoms with Crippen LogP contribution in [-0.4, -0.2) is 6.61 Å². The number of benzene rings is 1. The van der Waals surface area contributed by atoms with Gasteiger partial charge in [0.2, 0.25) is 0 Å². The summed E-state index contributed by atoms with van der Waals surface area (Å²) in [5.74, 6) is 0.691. The molecule has 0 aliphatic heterocycles. The maximum atomic E-state index is 5.87. The third-order valence-corrected chi connectivity index (χ3v) is 2.19. The van der Waals surface area contributed by atoms with Crippen molar-refractivity contribution in [2.75, 3.05) is 6.61 Å². The van der Waals surface area contributed by atoms with Crippen molar-refractivity contribution in [2.24, 2.45) is 5.73 Å². The number of ether oxygens (including phenoxy) is 1. The lowest BCUT2D eigenvalue weighted by Crippen LogP contribution is -2.08. The van der Waals surface area contributed by atoms with Gasteiger partial charge >= 0.3 is 0 Å². The molecule has 0 saturated carbocycles. The van der Waals surface area contributed by atoms with Crippen LogP contribution in [0.1, 0.15) is 18.5 Å². The van der Waals surface area contributed by atoms with Crippen molar-refractivity contribution in [2.45, 2.75) is 13.0 Å². The Hall–Kier alpha value is -0.700. The number of nitrogens with two attached hydrogens (primary N) is 1. The average Bonchev–Trinajstić information content (AvgIpc) is 2.15. The van der Waals surface area contributed by atoms with E-state index in [2.05, 4.69) is 6.58 Å². The molecule has 0 fully saturated rings. The van der Waals surface area contributed by atoms with E-state index in [0.717, 1.165) is 5.56 Å². The zero-order valence-electron chi connectivity index (χ0n) is 8.47. The fourth-order valence-electron chi connectivity index (χ4n) is 1.16. The minimum atomic E-state index is -0.137. The van der Waals surface area contributed by atoms with Gasteiger partial charge in [0, 0.05) is 21.7 Å². The second-order valence-corrected chi connectivity index (χ2v) is 4.25. The summed E-state index contributed by atoms with van der Waals surface area (Å²) < 4.78 is 5.44. The van der Waals surface area contributed by atoms with Crippen LogP contribution in [0.5, 0.6) is 5.75 Å². The molecule has 4 heteroatoms. The van der Waals surface area contributed by atoms with Gasteiger partial charge in [0.1, 0.15) is 12.4 Å². The SMILES string of the molecule is C=C(Cl)COc1ccc(Cl)cc1C(C)N. The molecule has 2 nitrogen and oxygen atoms in total. The molecule has 15 heavy (non-hydrogen) atoms. The van der Waals surface area contributed by atoms with Crippen LogP contribution >= 0.6 is 23.2 Å². The Balaban J connectivity index is 2.90. The lowest BCUT2D eigenvalue weighted by atomic mass is 10.1. The van der Waals surface area contributed by atoms with Crippen molar-refractivity contribution in [3.05, 3.63) is 40.4 Å². The van der Waals surface area contributed by atoms with E-state index in [1.165, 1.54) is 0 Å². The van der Waals surface area contributed by atoms with Crippen molar-refractivity contribution in [1.29, 1.82) is 0 Å². The first-order valence-electron chi connectivity index (χ1n) is 4.52. The summed E-state index contributed by atoms with van der Waals surface area (Å²) in [5, 5.41) is 1.08. The predicted octanol–water partition coefficient (Wildman–Crippen LogP) is 3.49. The summed E-state index contributed by atoms with van der Waals surface area (Å²) in [6, 6.07) is 5.18. The summed E-state index contributed by atoms with van der Waals surface area (Å²) in [6.07, 6.45) is 0. The maximum Gasteiger partial charge on any atom is 0.124 e. The van der Waals surface area contributed by atoms with Crippen LogP contribution in [0.3, 0.4) is 0 Å². The molecule has 0 aliphatic carbocycles. The van der Waals surface area contributed by atoms with Crippen LogP contribution in [-0.2, 0) is 0 Å². The normalized spacial score (nSPS) is 12.3. The van der Waals surface area contributed by atoms with E-state index in [-0.39, 0.29) is 12.6 Å². The van der Waals surface area contributed by atoms with Crippen molar-refractivity contribution < 1.29 is 4.74 Å². The molecule has 0 saturated heterocycles. The van der Waals surface area contributed by atoms with Crippen LogP contribution in [0.15, 0.2) is 29.8 Å². The van der Waals surface area contributed by atoms with Gasteiger partial charge in [-0.3, -0.25) is 0 Å². The fourth-order valence-corrected chi connectivity index (χ4v) is 1.40. The number of hydrogen-bond acceptors (Lipinski definition) is 2. The zero-order valence-corrected chi connectivity index (χ0v) is 9.98. The van der Waals surface area contributed by atoms with Gasteiger partial charge in [-0.2, -0.15) is 0 Å². The number of rotatable bonds is 4. The third kappa shape index (κ3) is 3.74. The third-order valence-electron chi connectivity index (χ3n) is 1.85. The van der Waals surface area contributed by atoms with E-state index in [9.17, 15) is 0 Å². The van der Waals surface area contributed by atoms with Gasteiger partial charge in [-0.1, -0.05) is 29.8 Å². The standard InChI is InChI=1S/C11H13Cl2NO/c1-7(12)6-15-11-4-3-9(13)5-10(11)8(2)14/h3-5,8H,1,6,14H2,2H3. The van der Waals surface area contributed by atoms with Gasteiger partial charge < -0.3 is 10.5 Å². The summed E-state index contributed by atoms with van der Waals surface area (Å²) in [4.78, 5) is 0. The molecular formula is C11H13Cl2NO. The Kier molecular flexibility index (Phi) is 4.45. The summed E-state index contributed by atoms with van der Waals surface area (Å²) in [7, 11) is 0. The first-order chi connectivity index (χ1) is 7.00. The van der Waals surface area contributed by atoms with Crippen molar-refractivity contribution >= 4 is 23.2 Å². The highest BCUT2D eigenvalue weighted by molar-refractivity contribution is 6.30. The first-order valence-corrected chi connectivity index (χ1v) is 5.27. The molecule has 0 heterocycles. The second-order valence-electron chi connectivity index (χ2n) is 3.28.